The predicted octanol–water partition coefficient (Wildman–Crippen LogP) is 6.03. The van der Waals surface area contributed by atoms with Crippen molar-refractivity contribution in [3.63, 3.8) is 0 Å². The summed E-state index contributed by atoms with van der Waals surface area (Å²) in [7, 11) is 0. The van der Waals surface area contributed by atoms with Crippen LogP contribution in [0.25, 0.3) is 10.9 Å². The van der Waals surface area contributed by atoms with Crippen LogP contribution in [0.1, 0.15) is 26.7 Å². The number of carbonyl (C=O) groups is 1. The number of aromatic nitrogens is 1. The van der Waals surface area contributed by atoms with Crippen LogP contribution in [0.5, 0.6) is 11.5 Å². The molecule has 12 nitrogen and oxygen atoms in total. The highest BCUT2D eigenvalue weighted by molar-refractivity contribution is 6.31. The summed E-state index contributed by atoms with van der Waals surface area (Å²) in [5, 5.41) is 42.4. The number of aliphatic hydroxyl groups is 4. The Labute approximate surface area is 320 Å². The second-order valence-corrected chi connectivity index (χ2v) is 12.8. The number of halogens is 3. The second-order valence-electron chi connectivity index (χ2n) is 11.5. The Morgan fingerprint density at radius 3 is 1.96 bits per heavy atom. The molecule has 0 fully saturated rings. The first-order chi connectivity index (χ1) is 24.9. The molecule has 0 bridgehead atoms. The van der Waals surface area contributed by atoms with Gasteiger partial charge in [0.1, 0.15) is 43.5 Å². The maximum atomic E-state index is 10.2. The normalized spacial score (nSPS) is 12.4. The van der Waals surface area contributed by atoms with Gasteiger partial charge in [-0.2, -0.15) is 0 Å². The van der Waals surface area contributed by atoms with Gasteiger partial charge in [0.15, 0.2) is 0 Å². The van der Waals surface area contributed by atoms with Gasteiger partial charge in [0.05, 0.1) is 18.7 Å². The van der Waals surface area contributed by atoms with Crippen LogP contribution in [0.4, 0.5) is 10.5 Å². The Morgan fingerprint density at radius 2 is 1.42 bits per heavy atom. The number of ether oxygens (including phenoxy) is 3. The van der Waals surface area contributed by atoms with E-state index in [1.54, 1.807) is 48.5 Å². The molecule has 15 heteroatoms. The van der Waals surface area contributed by atoms with Gasteiger partial charge in [-0.3, -0.25) is 4.98 Å². The number of benzene rings is 3. The predicted molar refractivity (Wildman–Crippen MR) is 207 cm³/mol. The zero-order chi connectivity index (χ0) is 38.3. The van der Waals surface area contributed by atoms with E-state index in [9.17, 15) is 9.90 Å². The van der Waals surface area contributed by atoms with E-state index in [-0.39, 0.29) is 33.0 Å². The van der Waals surface area contributed by atoms with Crippen molar-refractivity contribution < 1.29 is 39.4 Å². The number of pyridine rings is 1. The van der Waals surface area contributed by atoms with Crippen LogP contribution in [-0.2, 0) is 4.74 Å². The van der Waals surface area contributed by atoms with Gasteiger partial charge in [-0.1, -0.05) is 41.7 Å². The van der Waals surface area contributed by atoms with Gasteiger partial charge >= 0.3 is 6.09 Å². The highest BCUT2D eigenvalue weighted by Crippen LogP contribution is 2.25. The molecule has 0 spiro atoms. The number of likely N-dealkylation sites (N-methyl/N-ethyl adjacent to an activating group) is 1. The molecular weight excluding hydrogens is 735 g/mol. The molecule has 3 aromatic carbocycles. The standard InChI is InChI=1S/C18H26ClN3O.C10H12ClNO4.C9H11ClO3/c1-3-22(11-12-23)10-4-5-14(2)21-17-8-9-20-18-13-15(19)6-7-16(17)18;11-7-1-3-9(4-2-7)15-5-8(13)6-16-10(12)14;10-7-1-3-9(4-2-7)13-6-8(12)5-11/h6-9,13-14,23H,3-5,10-12H2,1-2H3,(H,20,21);1-4,8,13H,5-6H2,(H2,12,14);1-4,8,11-12H,5-6H2. The highest BCUT2D eigenvalue weighted by Gasteiger charge is 2.09. The SMILES string of the molecule is CCN(CCO)CCCC(C)Nc1ccnc2cc(Cl)ccc12.NC(=O)OCC(O)COc1ccc(Cl)cc1.OCC(O)COc1ccc(Cl)cc1. The van der Waals surface area contributed by atoms with Crippen molar-refractivity contribution in [3.8, 4) is 11.5 Å². The fourth-order valence-corrected chi connectivity index (χ4v) is 4.92. The lowest BCUT2D eigenvalue weighted by atomic mass is 10.1. The molecular formula is C37H49Cl3N4O8. The first kappa shape index (κ1) is 44.6. The Kier molecular flexibility index (Phi) is 21.8. The molecule has 1 heterocycles. The van der Waals surface area contributed by atoms with E-state index < -0.39 is 18.3 Å². The minimum absolute atomic E-state index is 0.00884. The highest BCUT2D eigenvalue weighted by atomic mass is 35.5. The molecule has 3 unspecified atom stereocenters. The van der Waals surface area contributed by atoms with Gasteiger partial charge in [0, 0.05) is 44.9 Å². The van der Waals surface area contributed by atoms with Gasteiger partial charge in [-0.25, -0.2) is 4.79 Å². The summed E-state index contributed by atoms with van der Waals surface area (Å²) in [6, 6.07) is 21.7. The van der Waals surface area contributed by atoms with E-state index in [2.05, 4.69) is 33.8 Å². The average molecular weight is 784 g/mol. The fraction of sp³-hybridized carbons (Fsp3) is 0.405. The molecule has 7 N–H and O–H groups in total. The van der Waals surface area contributed by atoms with Crippen molar-refractivity contribution in [1.82, 2.24) is 9.88 Å². The quantitative estimate of drug-likeness (QED) is 0.0694. The largest absolute Gasteiger partial charge is 0.491 e. The molecule has 52 heavy (non-hydrogen) atoms. The number of aliphatic hydroxyl groups excluding tert-OH is 4. The maximum Gasteiger partial charge on any atom is 0.404 e. The summed E-state index contributed by atoms with van der Waals surface area (Å²) in [6.07, 6.45) is 1.33. The average Bonchev–Trinajstić information content (AvgIpc) is 3.13. The number of fused-ring (bicyclic) bond motifs is 1. The van der Waals surface area contributed by atoms with E-state index in [4.69, 9.17) is 65.3 Å². The summed E-state index contributed by atoms with van der Waals surface area (Å²) in [6.45, 7) is 6.93. The van der Waals surface area contributed by atoms with Crippen molar-refractivity contribution in [2.75, 3.05) is 58.0 Å². The van der Waals surface area contributed by atoms with Crippen molar-refractivity contribution in [1.29, 1.82) is 0 Å². The van der Waals surface area contributed by atoms with Crippen LogP contribution < -0.4 is 20.5 Å². The number of rotatable bonds is 18. The molecule has 4 aromatic rings. The number of hydrogen-bond donors (Lipinski definition) is 6. The number of anilines is 1. The molecule has 0 aliphatic carbocycles. The van der Waals surface area contributed by atoms with Crippen LogP contribution in [0, 0.1) is 0 Å². The number of amides is 1. The van der Waals surface area contributed by atoms with Gasteiger partial charge in [0.25, 0.3) is 0 Å². The van der Waals surface area contributed by atoms with Gasteiger partial charge in [-0.05, 0) is 106 Å². The van der Waals surface area contributed by atoms with Crippen molar-refractivity contribution in [2.24, 2.45) is 5.73 Å². The number of carbonyl (C=O) groups excluding carboxylic acids is 1. The monoisotopic (exact) mass is 782 g/mol. The third-order valence-corrected chi connectivity index (χ3v) is 7.96. The van der Waals surface area contributed by atoms with Crippen molar-refractivity contribution in [3.05, 3.63) is 94.1 Å². The van der Waals surface area contributed by atoms with E-state index in [0.717, 1.165) is 49.1 Å². The zero-order valence-electron chi connectivity index (χ0n) is 29.3. The Morgan fingerprint density at radius 1 is 0.846 bits per heavy atom. The van der Waals surface area contributed by atoms with Crippen molar-refractivity contribution in [2.45, 2.75) is 44.9 Å². The summed E-state index contributed by atoms with van der Waals surface area (Å²) >= 11 is 17.4. The smallest absolute Gasteiger partial charge is 0.404 e. The number of primary amides is 1. The van der Waals surface area contributed by atoms with Crippen LogP contribution in [0.2, 0.25) is 15.1 Å². The lowest BCUT2D eigenvalue weighted by Crippen LogP contribution is -2.28. The lowest BCUT2D eigenvalue weighted by molar-refractivity contribution is 0.0419. The van der Waals surface area contributed by atoms with Crippen LogP contribution in [-0.4, -0.2) is 107 Å². The van der Waals surface area contributed by atoms with E-state index in [0.29, 0.717) is 32.6 Å². The minimum atomic E-state index is -0.925. The maximum absolute atomic E-state index is 10.2. The minimum Gasteiger partial charge on any atom is -0.491 e. The van der Waals surface area contributed by atoms with E-state index in [1.807, 2.05) is 30.5 Å². The molecule has 3 atom stereocenters. The topological polar surface area (TPSA) is 180 Å². The summed E-state index contributed by atoms with van der Waals surface area (Å²) < 4.78 is 14.8. The van der Waals surface area contributed by atoms with E-state index in [1.165, 1.54) is 0 Å². The Bertz CT molecular complexity index is 1570. The first-order valence-corrected chi connectivity index (χ1v) is 17.9. The molecule has 1 amide bonds. The van der Waals surface area contributed by atoms with Crippen LogP contribution in [0.15, 0.2) is 79.0 Å². The molecule has 1 aromatic heterocycles. The third kappa shape index (κ3) is 18.8. The Balaban J connectivity index is 0.000000284. The van der Waals surface area contributed by atoms with Crippen molar-refractivity contribution >= 4 is 57.5 Å². The molecule has 286 valence electrons. The lowest BCUT2D eigenvalue weighted by Gasteiger charge is -2.21. The fourth-order valence-electron chi connectivity index (χ4n) is 4.50. The Hall–Kier alpha value is -3.59. The molecule has 0 aliphatic heterocycles. The van der Waals surface area contributed by atoms with Crippen LogP contribution in [0.3, 0.4) is 0 Å². The first-order valence-electron chi connectivity index (χ1n) is 16.7. The molecule has 0 saturated carbocycles. The number of nitrogens with two attached hydrogens (primary N) is 1. The van der Waals surface area contributed by atoms with Gasteiger partial charge in [0.2, 0.25) is 0 Å². The third-order valence-electron chi connectivity index (χ3n) is 7.22. The second kappa shape index (κ2) is 25.4. The number of nitrogens with one attached hydrogen (secondary N) is 1. The summed E-state index contributed by atoms with van der Waals surface area (Å²) in [5.74, 6) is 1.19. The summed E-state index contributed by atoms with van der Waals surface area (Å²) in [4.78, 5) is 16.9. The number of hydrogen-bond acceptors (Lipinski definition) is 11. The molecule has 0 radical (unpaired) electrons. The molecule has 4 rings (SSSR count). The van der Waals surface area contributed by atoms with E-state index >= 15 is 0 Å². The van der Waals surface area contributed by atoms with Gasteiger partial charge in [-0.15, -0.1) is 0 Å². The molecule has 0 saturated heterocycles. The van der Waals surface area contributed by atoms with Crippen LogP contribution >= 0.6 is 34.8 Å². The zero-order valence-corrected chi connectivity index (χ0v) is 31.6. The molecule has 0 aliphatic rings. The van der Waals surface area contributed by atoms with Gasteiger partial charge < -0.3 is 50.6 Å². The summed E-state index contributed by atoms with van der Waals surface area (Å²) in [5.41, 5.74) is 6.75. The number of nitrogens with zero attached hydrogens (tertiary/aromatic N) is 2.